The largest absolute Gasteiger partial charge is 0.382 e. The van der Waals surface area contributed by atoms with Gasteiger partial charge < -0.3 is 5.32 Å². The van der Waals surface area contributed by atoms with E-state index in [9.17, 15) is 12.8 Å². The van der Waals surface area contributed by atoms with E-state index < -0.39 is 16.7 Å². The lowest BCUT2D eigenvalue weighted by molar-refractivity contribution is 0.354. The molecule has 126 valence electrons. The molecule has 0 saturated heterocycles. The van der Waals surface area contributed by atoms with E-state index in [2.05, 4.69) is 43.2 Å². The molecule has 0 aromatic heterocycles. The Morgan fingerprint density at radius 3 is 2.43 bits per heavy atom. The monoisotopic (exact) mass is 467 g/mol. The van der Waals surface area contributed by atoms with E-state index in [0.717, 1.165) is 22.8 Å². The van der Waals surface area contributed by atoms with Gasteiger partial charge in [0.2, 0.25) is 10.0 Å². The number of nitrogens with one attached hydrogen (secondary N) is 1. The molecule has 1 aromatic carbocycles. The Labute approximate surface area is 152 Å². The molecule has 0 bridgehead atoms. The van der Waals surface area contributed by atoms with Crippen molar-refractivity contribution in [1.82, 2.24) is 4.31 Å². The molecule has 1 aliphatic rings. The Kier molecular flexibility index (Phi) is 6.05. The highest BCUT2D eigenvalue weighted by Crippen LogP contribution is 2.37. The van der Waals surface area contributed by atoms with Crippen LogP contribution in [0.15, 0.2) is 26.0 Å². The van der Waals surface area contributed by atoms with E-state index in [1.807, 2.05) is 0 Å². The molecule has 0 spiro atoms. The molecule has 1 N–H and O–H groups in total. The highest BCUT2D eigenvalue weighted by atomic mass is 79.9. The van der Waals surface area contributed by atoms with Crippen LogP contribution in [0, 0.1) is 17.2 Å². The first kappa shape index (κ1) is 18.6. The molecule has 0 amide bonds. The zero-order valence-corrected chi connectivity index (χ0v) is 16.4. The first-order valence-corrected chi connectivity index (χ1v) is 9.99. The zero-order valence-electron chi connectivity index (χ0n) is 12.4. The Hall–Kier alpha value is -0.690. The molecule has 0 aliphatic heterocycles. The quantitative estimate of drug-likeness (QED) is 0.693. The van der Waals surface area contributed by atoms with Crippen LogP contribution >= 0.6 is 31.9 Å². The number of halogens is 3. The number of hydrogen-bond donors (Lipinski definition) is 1. The molecule has 1 aliphatic carbocycles. The van der Waals surface area contributed by atoms with Gasteiger partial charge in [0.15, 0.2) is 0 Å². The van der Waals surface area contributed by atoms with Gasteiger partial charge in [-0.2, -0.15) is 9.57 Å². The fourth-order valence-corrected chi connectivity index (χ4v) is 6.01. The lowest BCUT2D eigenvalue weighted by atomic mass is 9.81. The van der Waals surface area contributed by atoms with Gasteiger partial charge in [0.05, 0.1) is 12.0 Å². The van der Waals surface area contributed by atoms with Crippen LogP contribution in [0.4, 0.5) is 10.1 Å². The summed E-state index contributed by atoms with van der Waals surface area (Å²) in [4.78, 5) is 0.0718. The SMILES string of the molecule is CN(CCF)S(=O)(=O)c1c(Br)cc(NC2CC(C#N)C2)cc1Br. The summed E-state index contributed by atoms with van der Waals surface area (Å²) in [5.74, 6) is 0.0911. The maximum Gasteiger partial charge on any atom is 0.245 e. The number of sulfonamides is 1. The van der Waals surface area contributed by atoms with Gasteiger partial charge in [-0.1, -0.05) is 0 Å². The molecule has 0 heterocycles. The van der Waals surface area contributed by atoms with Crippen molar-refractivity contribution in [1.29, 1.82) is 5.26 Å². The van der Waals surface area contributed by atoms with Crippen molar-refractivity contribution in [3.63, 3.8) is 0 Å². The van der Waals surface area contributed by atoms with Crippen LogP contribution in [0.1, 0.15) is 12.8 Å². The van der Waals surface area contributed by atoms with Crippen molar-refractivity contribution in [2.75, 3.05) is 25.6 Å². The van der Waals surface area contributed by atoms with Crippen LogP contribution < -0.4 is 5.32 Å². The molecule has 1 saturated carbocycles. The number of benzene rings is 1. The molecular formula is C14H16Br2FN3O2S. The lowest BCUT2D eigenvalue weighted by Gasteiger charge is -2.32. The van der Waals surface area contributed by atoms with Crippen LogP contribution in [-0.4, -0.2) is 39.0 Å². The molecule has 5 nitrogen and oxygen atoms in total. The van der Waals surface area contributed by atoms with Crippen molar-refractivity contribution in [2.24, 2.45) is 5.92 Å². The number of hydrogen-bond acceptors (Lipinski definition) is 4. The van der Waals surface area contributed by atoms with Gasteiger partial charge in [0.1, 0.15) is 11.6 Å². The number of alkyl halides is 1. The fourth-order valence-electron chi connectivity index (χ4n) is 2.36. The van der Waals surface area contributed by atoms with E-state index in [4.69, 9.17) is 5.26 Å². The summed E-state index contributed by atoms with van der Waals surface area (Å²) in [6, 6.07) is 5.80. The van der Waals surface area contributed by atoms with Crippen LogP contribution in [0.25, 0.3) is 0 Å². The Morgan fingerprint density at radius 2 is 1.96 bits per heavy atom. The Bertz CT molecular complexity index is 707. The fraction of sp³-hybridized carbons (Fsp3) is 0.500. The summed E-state index contributed by atoms with van der Waals surface area (Å²) in [7, 11) is -2.44. The van der Waals surface area contributed by atoms with Crippen molar-refractivity contribution in [3.05, 3.63) is 21.1 Å². The van der Waals surface area contributed by atoms with E-state index in [1.165, 1.54) is 7.05 Å². The third kappa shape index (κ3) is 4.05. The minimum Gasteiger partial charge on any atom is -0.382 e. The van der Waals surface area contributed by atoms with Crippen molar-refractivity contribution in [2.45, 2.75) is 23.8 Å². The molecule has 0 unspecified atom stereocenters. The number of anilines is 1. The van der Waals surface area contributed by atoms with E-state index in [1.54, 1.807) is 12.1 Å². The van der Waals surface area contributed by atoms with E-state index in [-0.39, 0.29) is 23.4 Å². The molecule has 1 aromatic rings. The highest BCUT2D eigenvalue weighted by Gasteiger charge is 2.30. The minimum absolute atomic E-state index is 0.0718. The first-order chi connectivity index (χ1) is 10.8. The van der Waals surface area contributed by atoms with Crippen molar-refractivity contribution >= 4 is 47.6 Å². The summed E-state index contributed by atoms with van der Waals surface area (Å²) in [5, 5.41) is 12.1. The summed E-state index contributed by atoms with van der Waals surface area (Å²) in [6.45, 7) is -0.939. The minimum atomic E-state index is -3.78. The first-order valence-electron chi connectivity index (χ1n) is 6.97. The summed E-state index contributed by atoms with van der Waals surface area (Å²) in [5.41, 5.74) is 0.761. The third-order valence-corrected chi connectivity index (χ3v) is 7.49. The van der Waals surface area contributed by atoms with Crippen LogP contribution in [0.3, 0.4) is 0 Å². The van der Waals surface area contributed by atoms with Crippen molar-refractivity contribution < 1.29 is 12.8 Å². The van der Waals surface area contributed by atoms with Gasteiger partial charge in [0, 0.05) is 34.3 Å². The van der Waals surface area contributed by atoms with Crippen LogP contribution in [-0.2, 0) is 10.0 Å². The molecule has 23 heavy (non-hydrogen) atoms. The van der Waals surface area contributed by atoms with Crippen molar-refractivity contribution in [3.8, 4) is 6.07 Å². The standard InChI is InChI=1S/C14H16Br2FN3O2S/c1-20(3-2-17)23(21,22)14-12(15)6-11(7-13(14)16)19-10-4-9(5-10)8-18/h6-7,9-10,19H,2-5H2,1H3. The molecule has 0 atom stereocenters. The molecule has 0 radical (unpaired) electrons. The smallest absolute Gasteiger partial charge is 0.245 e. The Balaban J connectivity index is 2.23. The number of rotatable bonds is 6. The average Bonchev–Trinajstić information content (AvgIpc) is 2.41. The molecular weight excluding hydrogens is 453 g/mol. The molecule has 2 rings (SSSR count). The second-order valence-electron chi connectivity index (χ2n) is 5.42. The summed E-state index contributed by atoms with van der Waals surface area (Å²) in [6.07, 6.45) is 1.57. The van der Waals surface area contributed by atoms with Gasteiger partial charge in [-0.3, -0.25) is 0 Å². The zero-order chi connectivity index (χ0) is 17.2. The molecule has 9 heteroatoms. The van der Waals surface area contributed by atoms with Gasteiger partial charge in [-0.05, 0) is 56.8 Å². The number of nitriles is 1. The predicted molar refractivity (Wildman–Crippen MR) is 93.4 cm³/mol. The van der Waals surface area contributed by atoms with Crippen LogP contribution in [0.5, 0.6) is 0 Å². The average molecular weight is 469 g/mol. The second-order valence-corrected chi connectivity index (χ2v) is 9.11. The summed E-state index contributed by atoms with van der Waals surface area (Å²) >= 11 is 6.57. The van der Waals surface area contributed by atoms with Gasteiger partial charge >= 0.3 is 0 Å². The van der Waals surface area contributed by atoms with Gasteiger partial charge in [0.25, 0.3) is 0 Å². The predicted octanol–water partition coefficient (Wildman–Crippen LogP) is 3.52. The maximum atomic E-state index is 12.5. The second kappa shape index (κ2) is 7.47. The third-order valence-electron chi connectivity index (χ3n) is 3.76. The van der Waals surface area contributed by atoms with Gasteiger partial charge in [-0.15, -0.1) is 0 Å². The summed E-state index contributed by atoms with van der Waals surface area (Å²) < 4.78 is 39.2. The maximum absolute atomic E-state index is 12.5. The van der Waals surface area contributed by atoms with Crippen LogP contribution in [0.2, 0.25) is 0 Å². The number of nitrogens with zero attached hydrogens (tertiary/aromatic N) is 2. The normalized spacial score (nSPS) is 20.9. The van der Waals surface area contributed by atoms with Gasteiger partial charge in [-0.25, -0.2) is 12.8 Å². The molecule has 1 fully saturated rings. The van der Waals surface area contributed by atoms with E-state index >= 15 is 0 Å². The topological polar surface area (TPSA) is 73.2 Å². The highest BCUT2D eigenvalue weighted by molar-refractivity contribution is 9.11. The Morgan fingerprint density at radius 1 is 1.39 bits per heavy atom. The lowest BCUT2D eigenvalue weighted by Crippen LogP contribution is -2.34. The van der Waals surface area contributed by atoms with E-state index in [0.29, 0.717) is 8.95 Å².